The zero-order valence-corrected chi connectivity index (χ0v) is 8.99. The number of hydrogen-bond donors (Lipinski definition) is 2. The Morgan fingerprint density at radius 2 is 2.00 bits per heavy atom. The average molecular weight is 194 g/mol. The molecule has 0 fully saturated rings. The second-order valence-corrected chi connectivity index (χ2v) is 4.00. The number of nitrogens with one attached hydrogen (secondary N) is 1. The van der Waals surface area contributed by atoms with Crippen molar-refractivity contribution < 1.29 is 0 Å². The van der Waals surface area contributed by atoms with E-state index in [0.29, 0.717) is 17.8 Å². The lowest BCUT2D eigenvalue weighted by Crippen LogP contribution is -2.18. The number of nitrogens with zero attached hydrogens (tertiary/aromatic N) is 2. The zero-order chi connectivity index (χ0) is 10.6. The third kappa shape index (κ3) is 3.60. The van der Waals surface area contributed by atoms with Crippen LogP contribution in [0.5, 0.6) is 0 Å². The molecule has 1 aromatic rings. The fourth-order valence-corrected chi connectivity index (χ4v) is 1.43. The van der Waals surface area contributed by atoms with E-state index in [4.69, 9.17) is 5.73 Å². The van der Waals surface area contributed by atoms with Crippen LogP contribution in [0.4, 0.5) is 11.6 Å². The lowest BCUT2D eigenvalue weighted by Gasteiger charge is -2.15. The van der Waals surface area contributed by atoms with Gasteiger partial charge in [-0.2, -0.15) is 0 Å². The van der Waals surface area contributed by atoms with Crippen LogP contribution in [0, 0.1) is 5.92 Å². The molecule has 78 valence electrons. The van der Waals surface area contributed by atoms with Crippen LogP contribution in [0.2, 0.25) is 0 Å². The minimum atomic E-state index is 0.410. The highest BCUT2D eigenvalue weighted by molar-refractivity contribution is 5.36. The van der Waals surface area contributed by atoms with Gasteiger partial charge >= 0.3 is 0 Å². The maximum absolute atomic E-state index is 5.44. The predicted octanol–water partition coefficient (Wildman–Crippen LogP) is 1.91. The van der Waals surface area contributed by atoms with Crippen molar-refractivity contribution in [1.29, 1.82) is 0 Å². The number of aromatic nitrogens is 2. The fraction of sp³-hybridized carbons (Fsp3) is 0.600. The number of hydrogen-bond acceptors (Lipinski definition) is 4. The molecule has 1 rings (SSSR count). The van der Waals surface area contributed by atoms with Gasteiger partial charge in [0.05, 0.1) is 12.4 Å². The van der Waals surface area contributed by atoms with E-state index in [2.05, 4.69) is 36.1 Å². The number of anilines is 2. The molecule has 0 saturated heterocycles. The fourth-order valence-electron chi connectivity index (χ4n) is 1.43. The summed E-state index contributed by atoms with van der Waals surface area (Å²) in [7, 11) is 0. The molecule has 0 radical (unpaired) electrons. The zero-order valence-electron chi connectivity index (χ0n) is 8.99. The molecule has 0 amide bonds. The van der Waals surface area contributed by atoms with Crippen molar-refractivity contribution in [2.75, 3.05) is 11.1 Å². The summed E-state index contributed by atoms with van der Waals surface area (Å²) in [4.78, 5) is 8.09. The van der Waals surface area contributed by atoms with Gasteiger partial charge in [-0.05, 0) is 19.3 Å². The van der Waals surface area contributed by atoms with Crippen molar-refractivity contribution in [2.24, 2.45) is 5.92 Å². The van der Waals surface area contributed by atoms with E-state index >= 15 is 0 Å². The molecule has 1 unspecified atom stereocenters. The van der Waals surface area contributed by atoms with Crippen LogP contribution < -0.4 is 11.1 Å². The first kappa shape index (κ1) is 10.8. The monoisotopic (exact) mass is 194 g/mol. The van der Waals surface area contributed by atoms with Gasteiger partial charge in [0.15, 0.2) is 0 Å². The molecule has 0 bridgehead atoms. The van der Waals surface area contributed by atoms with Gasteiger partial charge in [0.25, 0.3) is 0 Å². The summed E-state index contributed by atoms with van der Waals surface area (Å²) >= 11 is 0. The van der Waals surface area contributed by atoms with Gasteiger partial charge in [-0.15, -0.1) is 0 Å². The Morgan fingerprint density at radius 3 is 2.50 bits per heavy atom. The normalized spacial score (nSPS) is 12.9. The molecule has 0 aromatic carbocycles. The van der Waals surface area contributed by atoms with E-state index in [0.717, 1.165) is 12.2 Å². The first-order valence-electron chi connectivity index (χ1n) is 4.92. The minimum absolute atomic E-state index is 0.410. The van der Waals surface area contributed by atoms with E-state index in [9.17, 15) is 0 Å². The lowest BCUT2D eigenvalue weighted by molar-refractivity contribution is 0.538. The third-order valence-corrected chi connectivity index (χ3v) is 1.89. The van der Waals surface area contributed by atoms with Crippen LogP contribution in [0.15, 0.2) is 12.4 Å². The molecule has 0 aliphatic heterocycles. The Labute approximate surface area is 85.0 Å². The quantitative estimate of drug-likeness (QED) is 0.768. The van der Waals surface area contributed by atoms with E-state index in [1.165, 1.54) is 0 Å². The Hall–Kier alpha value is -1.32. The van der Waals surface area contributed by atoms with Crippen LogP contribution in [0.25, 0.3) is 0 Å². The highest BCUT2D eigenvalue weighted by Gasteiger charge is 2.05. The molecule has 0 saturated carbocycles. The van der Waals surface area contributed by atoms with Crippen LogP contribution in [0.3, 0.4) is 0 Å². The predicted molar refractivity (Wildman–Crippen MR) is 59.0 cm³/mol. The molecule has 1 atom stereocenters. The van der Waals surface area contributed by atoms with E-state index < -0.39 is 0 Å². The maximum Gasteiger partial charge on any atom is 0.144 e. The van der Waals surface area contributed by atoms with Gasteiger partial charge in [0.1, 0.15) is 11.6 Å². The second kappa shape index (κ2) is 4.79. The number of nitrogen functional groups attached to an aromatic ring is 1. The summed E-state index contributed by atoms with van der Waals surface area (Å²) in [6.45, 7) is 6.54. The largest absolute Gasteiger partial charge is 0.382 e. The first-order valence-corrected chi connectivity index (χ1v) is 4.92. The number of rotatable bonds is 4. The molecule has 0 aliphatic rings. The van der Waals surface area contributed by atoms with Crippen LogP contribution in [-0.4, -0.2) is 16.0 Å². The SMILES string of the molecule is CC(C)CC(C)Nc1cnc(N)cn1. The first-order chi connectivity index (χ1) is 6.58. The van der Waals surface area contributed by atoms with Gasteiger partial charge in [-0.3, -0.25) is 0 Å². The summed E-state index contributed by atoms with van der Waals surface area (Å²) in [6, 6.07) is 0.410. The van der Waals surface area contributed by atoms with Gasteiger partial charge < -0.3 is 11.1 Å². The second-order valence-electron chi connectivity index (χ2n) is 4.00. The van der Waals surface area contributed by atoms with Crippen molar-refractivity contribution in [2.45, 2.75) is 33.2 Å². The van der Waals surface area contributed by atoms with Crippen molar-refractivity contribution in [3.8, 4) is 0 Å². The average Bonchev–Trinajstić information content (AvgIpc) is 2.07. The Balaban J connectivity index is 2.47. The molecule has 0 spiro atoms. The molecule has 4 heteroatoms. The van der Waals surface area contributed by atoms with Crippen molar-refractivity contribution in [1.82, 2.24) is 9.97 Å². The molecule has 1 heterocycles. The highest BCUT2D eigenvalue weighted by atomic mass is 15.0. The standard InChI is InChI=1S/C10H18N4/c1-7(2)4-8(3)14-10-6-12-9(11)5-13-10/h5-8H,4H2,1-3H3,(H2,11,12)(H,13,14). The van der Waals surface area contributed by atoms with Crippen LogP contribution in [-0.2, 0) is 0 Å². The molecule has 14 heavy (non-hydrogen) atoms. The van der Waals surface area contributed by atoms with Gasteiger partial charge in [-0.1, -0.05) is 13.8 Å². The van der Waals surface area contributed by atoms with Crippen molar-refractivity contribution in [3.63, 3.8) is 0 Å². The Kier molecular flexibility index (Phi) is 3.68. The minimum Gasteiger partial charge on any atom is -0.382 e. The molecular formula is C10H18N4. The Bertz CT molecular complexity index is 268. The summed E-state index contributed by atoms with van der Waals surface area (Å²) in [5.74, 6) is 1.92. The molecule has 1 aromatic heterocycles. The topological polar surface area (TPSA) is 63.8 Å². The Morgan fingerprint density at radius 1 is 1.29 bits per heavy atom. The van der Waals surface area contributed by atoms with E-state index in [-0.39, 0.29) is 0 Å². The van der Waals surface area contributed by atoms with Gasteiger partial charge in [-0.25, -0.2) is 9.97 Å². The highest BCUT2D eigenvalue weighted by Crippen LogP contribution is 2.09. The van der Waals surface area contributed by atoms with E-state index in [1.54, 1.807) is 12.4 Å². The van der Waals surface area contributed by atoms with Crippen molar-refractivity contribution >= 4 is 11.6 Å². The summed E-state index contributed by atoms with van der Waals surface area (Å²) in [6.07, 6.45) is 4.34. The molecule has 4 nitrogen and oxygen atoms in total. The van der Waals surface area contributed by atoms with Crippen molar-refractivity contribution in [3.05, 3.63) is 12.4 Å². The van der Waals surface area contributed by atoms with Gasteiger partial charge in [0.2, 0.25) is 0 Å². The summed E-state index contributed by atoms with van der Waals surface area (Å²) in [5.41, 5.74) is 5.44. The van der Waals surface area contributed by atoms with Gasteiger partial charge in [0, 0.05) is 6.04 Å². The molecule has 3 N–H and O–H groups in total. The summed E-state index contributed by atoms with van der Waals surface area (Å²) < 4.78 is 0. The summed E-state index contributed by atoms with van der Waals surface area (Å²) in [5, 5.41) is 3.27. The van der Waals surface area contributed by atoms with Crippen LogP contribution in [0.1, 0.15) is 27.2 Å². The number of nitrogens with two attached hydrogens (primary N) is 1. The maximum atomic E-state index is 5.44. The third-order valence-electron chi connectivity index (χ3n) is 1.89. The van der Waals surface area contributed by atoms with Crippen LogP contribution >= 0.6 is 0 Å². The van der Waals surface area contributed by atoms with E-state index in [1.807, 2.05) is 0 Å². The smallest absolute Gasteiger partial charge is 0.144 e. The molecule has 0 aliphatic carbocycles. The molecular weight excluding hydrogens is 176 g/mol. The lowest BCUT2D eigenvalue weighted by atomic mass is 10.1.